The molecule has 7 aliphatic rings. The molecule has 6 heterocycles. The summed E-state index contributed by atoms with van der Waals surface area (Å²) in [6.45, 7) is 14.7. The van der Waals surface area contributed by atoms with E-state index in [1.54, 1.807) is 64.3 Å². The van der Waals surface area contributed by atoms with Crippen LogP contribution in [0.2, 0.25) is 0 Å². The van der Waals surface area contributed by atoms with Crippen molar-refractivity contribution in [1.82, 2.24) is 45.5 Å². The van der Waals surface area contributed by atoms with Crippen LogP contribution in [0.1, 0.15) is 149 Å². The number of aromatic carboxylic acids is 1. The van der Waals surface area contributed by atoms with Gasteiger partial charge < -0.3 is 75.3 Å². The van der Waals surface area contributed by atoms with E-state index in [0.29, 0.717) is 64.8 Å². The quantitative estimate of drug-likeness (QED) is 0.0178. The van der Waals surface area contributed by atoms with Crippen molar-refractivity contribution >= 4 is 95.8 Å². The van der Waals surface area contributed by atoms with Crippen LogP contribution in [-0.2, 0) is 85.6 Å². The second-order valence-electron chi connectivity index (χ2n) is 32.3. The summed E-state index contributed by atoms with van der Waals surface area (Å²) in [5.74, 6) is -5.45. The third kappa shape index (κ3) is 18.7. The van der Waals surface area contributed by atoms with Crippen molar-refractivity contribution in [2.45, 2.75) is 200 Å². The van der Waals surface area contributed by atoms with Crippen LogP contribution < -0.4 is 31.5 Å². The van der Waals surface area contributed by atoms with Crippen molar-refractivity contribution in [2.24, 2.45) is 22.2 Å². The summed E-state index contributed by atoms with van der Waals surface area (Å²) in [4.78, 5) is 122. The lowest BCUT2D eigenvalue weighted by Crippen LogP contribution is -2.64. The molecule has 3 aromatic carbocycles. The highest BCUT2D eigenvalue weighted by molar-refractivity contribution is 7.85. The number of likely N-dealkylation sites (N-methyl/N-ethyl adjacent to an activating group) is 1. The molecule has 0 spiro atoms. The number of anilines is 3. The first-order valence-corrected chi connectivity index (χ1v) is 40.1. The van der Waals surface area contributed by atoms with E-state index in [0.717, 1.165) is 70.5 Å². The Bertz CT molecular complexity index is 4610. The topological polar surface area (TPSA) is 422 Å². The molecule has 3 aliphatic heterocycles. The zero-order valence-corrected chi connectivity index (χ0v) is 65.5. The fourth-order valence-corrected chi connectivity index (χ4v) is 19.6. The monoisotopic (exact) mass is 1570 g/mol. The minimum atomic E-state index is -4.34. The number of hydrogen-bond acceptors (Lipinski definition) is 22. The zero-order chi connectivity index (χ0) is 79.8. The van der Waals surface area contributed by atoms with Gasteiger partial charge in [0.25, 0.3) is 16.0 Å². The van der Waals surface area contributed by atoms with Gasteiger partial charge in [-0.3, -0.25) is 43.3 Å². The van der Waals surface area contributed by atoms with Gasteiger partial charge in [-0.2, -0.15) is 13.5 Å². The fraction of sp³-hybridized carbons (Fsp3) is 0.551. The van der Waals surface area contributed by atoms with Gasteiger partial charge in [0, 0.05) is 68.2 Å². The van der Waals surface area contributed by atoms with Gasteiger partial charge in [-0.05, 0) is 172 Å². The molecule has 6 fully saturated rings. The van der Waals surface area contributed by atoms with E-state index >= 15 is 0 Å². The van der Waals surface area contributed by atoms with Gasteiger partial charge in [-0.1, -0.05) is 69.4 Å². The Kier molecular flexibility index (Phi) is 24.2. The minimum Gasteiger partial charge on any atom is -0.476 e. The molecule has 31 nitrogen and oxygen atoms in total. The zero-order valence-electron chi connectivity index (χ0n) is 63.8. The average molecular weight is 1570 g/mol. The Labute approximate surface area is 647 Å². The molecule has 10 N–H and O–H groups in total. The second kappa shape index (κ2) is 32.9. The summed E-state index contributed by atoms with van der Waals surface area (Å²) in [6, 6.07) is 17.7. The molecule has 0 radical (unpaired) electrons. The van der Waals surface area contributed by atoms with Crippen LogP contribution >= 0.6 is 11.3 Å². The number of aromatic nitrogens is 4. The van der Waals surface area contributed by atoms with E-state index in [2.05, 4.69) is 45.4 Å². The molecule has 4 bridgehead atoms. The number of aliphatic hydroxyl groups excluding tert-OH is 3. The molecule has 3 unspecified atom stereocenters. The Morgan fingerprint density at radius 1 is 0.847 bits per heavy atom. The van der Waals surface area contributed by atoms with Crippen molar-refractivity contribution in [3.8, 4) is 11.1 Å². The Morgan fingerprint density at radius 2 is 1.59 bits per heavy atom. The molecule has 4 aliphatic carbocycles. The van der Waals surface area contributed by atoms with Gasteiger partial charge in [0.1, 0.15) is 48.9 Å². The number of hydrogen-bond donors (Lipinski definition) is 10. The minimum absolute atomic E-state index is 0.0282. The van der Waals surface area contributed by atoms with Crippen LogP contribution in [0.4, 0.5) is 21.4 Å². The lowest BCUT2D eigenvalue weighted by molar-refractivity contribution is -0.248. The molecule has 11 atom stereocenters. The van der Waals surface area contributed by atoms with Gasteiger partial charge in [0.2, 0.25) is 29.5 Å². The molecule has 2 saturated heterocycles. The number of carbonyl (C=O) groups excluding carboxylic acids is 7. The lowest BCUT2D eigenvalue weighted by Gasteiger charge is -2.69. The number of benzene rings is 3. The number of ether oxygens (including phenoxy) is 4. The van der Waals surface area contributed by atoms with Crippen LogP contribution in [0, 0.1) is 29.1 Å². The Hall–Kier alpha value is -9.06. The van der Waals surface area contributed by atoms with E-state index < -0.39 is 137 Å². The van der Waals surface area contributed by atoms with Crippen LogP contribution in [0.3, 0.4) is 0 Å². The summed E-state index contributed by atoms with van der Waals surface area (Å²) >= 11 is 1.40. The van der Waals surface area contributed by atoms with Crippen LogP contribution in [-0.4, -0.2) is 223 Å². The van der Waals surface area contributed by atoms with Gasteiger partial charge in [0.15, 0.2) is 10.8 Å². The summed E-state index contributed by atoms with van der Waals surface area (Å²) in [5, 5.41) is 62.0. The predicted molar refractivity (Wildman–Crippen MR) is 409 cm³/mol. The normalized spacial score (nSPS) is 26.0. The van der Waals surface area contributed by atoms with E-state index in [1.807, 2.05) is 59.0 Å². The van der Waals surface area contributed by atoms with E-state index in [-0.39, 0.29) is 79.2 Å². The van der Waals surface area contributed by atoms with Crippen molar-refractivity contribution in [2.75, 3.05) is 67.8 Å². The van der Waals surface area contributed by atoms with E-state index in [9.17, 15) is 67.2 Å². The van der Waals surface area contributed by atoms with Gasteiger partial charge >= 0.3 is 12.1 Å². The van der Waals surface area contributed by atoms with E-state index in [1.165, 1.54) is 30.1 Å². The number of fused-ring (bicyclic) bond motifs is 2. The largest absolute Gasteiger partial charge is 0.476 e. The molecular formula is C78H100N12O19S2. The Balaban J connectivity index is 0.666. The number of nitrogens with one attached hydrogen (secondary N) is 5. The molecule has 7 amide bonds. The number of likely N-dealkylation sites (tertiary alicyclic amines) is 1. The first kappa shape index (κ1) is 81.4. The number of aryl methyl sites for hydroxylation is 1. The second-order valence-corrected chi connectivity index (χ2v) is 34.9. The predicted octanol–water partition coefficient (Wildman–Crippen LogP) is 6.18. The van der Waals surface area contributed by atoms with Gasteiger partial charge in [-0.15, -0.1) is 0 Å². The number of amides is 7. The first-order chi connectivity index (χ1) is 52.5. The number of rotatable bonds is 30. The maximum Gasteiger partial charge on any atom is 0.409 e. The maximum absolute atomic E-state index is 14.0. The lowest BCUT2D eigenvalue weighted by atomic mass is 9.39. The summed E-state index contributed by atoms with van der Waals surface area (Å²) in [7, 11) is -2.72. The SMILES string of the molecule is CC(=O)N[C@H]1CC(COCCS(=O)(=O)O)N(CC(=O)N[C@H](C(=O)N[C@@H](C)C(=O)Nc2ccc(COC(=O)N(C)CCOC34CC5(C)CC(C)(CC(Cn6ncc(-c7ccc(N8CCc9cccc(C(=O)Nc%10nc%11ccccc%11s%10)c9C8)nc7C(=O)O)c6C)(C5)C3)C4)c(CC[C@@H]3O[C@H](C)[C@@H](O)[C@H](O)[C@H]3O)c2)C(C)C)C1=O. The number of carbonyl (C=O) groups is 8. The smallest absolute Gasteiger partial charge is 0.409 e. The molecule has 33 heteroatoms. The highest BCUT2D eigenvalue weighted by atomic mass is 32.2. The van der Waals surface area contributed by atoms with Gasteiger partial charge in [0.05, 0.1) is 72.4 Å². The standard InChI is InChI=1S/C78H100N12O19S2/c1-43(2)63(85-62(92)33-89-52(35-106-27-28-111(103,104)105)30-58(71(89)99)81-47(6)91)70(98)80-44(3)68(96)82-51-19-17-50(49(29-51)18-21-59-66(94)67(95)65(93)46(5)109-59)34-107-74(102)87(9)25-26-108-78-39-75(7)36-76(8,40-78)38-77(37-75,41-78)42-90-45(4)55(31-79-90)53-20-22-61(84-64(53)72(100)101)88-24-23-48-13-12-14-54(56(48)32-88)69(97)86-73-83-57-15-10-11-16-60(57)110-73/h10-17,19-20,22,29,31,43-44,46,52,58-59,63,65-67,93-95H,18,21,23-28,30,32-42H2,1-9H3,(H,80,98)(H,81,91)(H,82,96)(H,85,92)(H,100,101)(H,83,86,97)(H,103,104,105)/t44-,46+,52?,58-,59-,63-,65+,66-,67-,75?,76?,77?,78?/m0/s1. The molecule has 6 aromatic rings. The molecule has 598 valence electrons. The third-order valence-electron chi connectivity index (χ3n) is 22.6. The number of pyridine rings is 1. The summed E-state index contributed by atoms with van der Waals surface area (Å²) in [5.41, 5.74) is 5.56. The number of nitrogens with zero attached hydrogens (tertiary/aromatic N) is 7. The van der Waals surface area contributed by atoms with Crippen molar-refractivity contribution < 1.29 is 90.7 Å². The Morgan fingerprint density at radius 3 is 2.31 bits per heavy atom. The number of para-hydroxylation sites is 1. The summed E-state index contributed by atoms with van der Waals surface area (Å²) < 4.78 is 58.9. The molecule has 111 heavy (non-hydrogen) atoms. The first-order valence-electron chi connectivity index (χ1n) is 37.6. The molecule has 13 rings (SSSR count). The van der Waals surface area contributed by atoms with Gasteiger partial charge in [-0.25, -0.2) is 19.6 Å². The van der Waals surface area contributed by atoms with Crippen molar-refractivity contribution in [1.29, 1.82) is 0 Å². The van der Waals surface area contributed by atoms with Crippen LogP contribution in [0.15, 0.2) is 79.0 Å². The van der Waals surface area contributed by atoms with Crippen LogP contribution in [0.25, 0.3) is 21.3 Å². The average Bonchev–Trinajstić information content (AvgIpc) is 0.700. The molecule has 3 aromatic heterocycles. The maximum atomic E-state index is 14.0. The van der Waals surface area contributed by atoms with Crippen molar-refractivity contribution in [3.63, 3.8) is 0 Å². The third-order valence-corrected chi connectivity index (χ3v) is 24.3. The number of carboxylic acids is 1. The van der Waals surface area contributed by atoms with Crippen LogP contribution in [0.5, 0.6) is 0 Å². The molecule has 4 saturated carbocycles. The number of thiazole rings is 1. The molecular weight excluding hydrogens is 1470 g/mol. The highest BCUT2D eigenvalue weighted by Crippen LogP contribution is 2.72. The highest BCUT2D eigenvalue weighted by Gasteiger charge is 2.66. The van der Waals surface area contributed by atoms with Crippen molar-refractivity contribution in [3.05, 3.63) is 118 Å². The number of carboxylic acid groups (broad SMARTS) is 1. The number of aliphatic hydroxyl groups is 3. The van der Waals surface area contributed by atoms with E-state index in [4.69, 9.17) is 33.6 Å². The summed E-state index contributed by atoms with van der Waals surface area (Å²) in [6.07, 6.45) is 1.44. The fourth-order valence-electron chi connectivity index (χ4n) is 18.4.